The molecule has 1 aliphatic carbocycles. The predicted molar refractivity (Wildman–Crippen MR) is 116 cm³/mol. The summed E-state index contributed by atoms with van der Waals surface area (Å²) in [4.78, 5) is 29.0. The number of carbonyl (C=O) groups excluding carboxylic acids is 2. The fourth-order valence-corrected chi connectivity index (χ4v) is 3.24. The lowest BCUT2D eigenvalue weighted by Gasteiger charge is -2.18. The maximum atomic E-state index is 13.8. The molecule has 4 rings (SSSR count). The van der Waals surface area contributed by atoms with Crippen molar-refractivity contribution in [2.45, 2.75) is 24.9 Å². The van der Waals surface area contributed by atoms with Crippen LogP contribution in [0.2, 0.25) is 0 Å². The normalized spacial score (nSPS) is 14.4. The lowest BCUT2D eigenvalue weighted by molar-refractivity contribution is -0.117. The summed E-state index contributed by atoms with van der Waals surface area (Å²) in [6.45, 7) is 0. The highest BCUT2D eigenvalue weighted by molar-refractivity contribution is 5.95. The average molecular weight is 418 g/mol. The SMILES string of the molecule is Cn1ccnc1C(NC(=O)/C=C/c1ccc(C(=O)NC2CC2)cc1)c1cccc(F)c1. The van der Waals surface area contributed by atoms with E-state index in [9.17, 15) is 14.0 Å². The summed E-state index contributed by atoms with van der Waals surface area (Å²) >= 11 is 0. The topological polar surface area (TPSA) is 76.0 Å². The van der Waals surface area contributed by atoms with Gasteiger partial charge in [-0.05, 0) is 54.3 Å². The van der Waals surface area contributed by atoms with E-state index in [1.807, 2.05) is 7.05 Å². The molecular weight excluding hydrogens is 395 g/mol. The number of nitrogens with zero attached hydrogens (tertiary/aromatic N) is 2. The molecule has 1 atom stereocenters. The first kappa shape index (κ1) is 20.5. The molecule has 0 spiro atoms. The summed E-state index contributed by atoms with van der Waals surface area (Å²) in [6, 6.07) is 12.8. The second-order valence-electron chi connectivity index (χ2n) is 7.60. The van der Waals surface area contributed by atoms with Crippen LogP contribution < -0.4 is 10.6 Å². The fourth-order valence-electron chi connectivity index (χ4n) is 3.24. The number of aromatic nitrogens is 2. The Bertz CT molecular complexity index is 1120. The summed E-state index contributed by atoms with van der Waals surface area (Å²) in [5, 5.41) is 5.84. The van der Waals surface area contributed by atoms with Gasteiger partial charge in [-0.2, -0.15) is 0 Å². The van der Waals surface area contributed by atoms with Gasteiger partial charge in [0.2, 0.25) is 5.91 Å². The molecular formula is C24H23FN4O2. The second kappa shape index (κ2) is 8.95. The lowest BCUT2D eigenvalue weighted by atomic mass is 10.1. The molecule has 2 amide bonds. The van der Waals surface area contributed by atoms with E-state index in [-0.39, 0.29) is 17.6 Å². The number of nitrogens with one attached hydrogen (secondary N) is 2. The van der Waals surface area contributed by atoms with Crippen LogP contribution in [0.3, 0.4) is 0 Å². The van der Waals surface area contributed by atoms with E-state index in [1.54, 1.807) is 59.4 Å². The molecule has 1 aliphatic rings. The average Bonchev–Trinajstić information content (AvgIpc) is 3.48. The van der Waals surface area contributed by atoms with Crippen LogP contribution in [0.15, 0.2) is 67.0 Å². The third-order valence-electron chi connectivity index (χ3n) is 5.10. The molecule has 31 heavy (non-hydrogen) atoms. The van der Waals surface area contributed by atoms with Crippen LogP contribution >= 0.6 is 0 Å². The van der Waals surface area contributed by atoms with Crippen molar-refractivity contribution in [2.75, 3.05) is 0 Å². The Labute approximate surface area is 179 Å². The van der Waals surface area contributed by atoms with Crippen molar-refractivity contribution in [3.8, 4) is 0 Å². The molecule has 2 N–H and O–H groups in total. The van der Waals surface area contributed by atoms with E-state index >= 15 is 0 Å². The van der Waals surface area contributed by atoms with Gasteiger partial charge in [0.25, 0.3) is 5.91 Å². The largest absolute Gasteiger partial charge is 0.349 e. The van der Waals surface area contributed by atoms with Gasteiger partial charge in [0.15, 0.2) is 0 Å². The maximum absolute atomic E-state index is 13.8. The lowest BCUT2D eigenvalue weighted by Crippen LogP contribution is -2.29. The van der Waals surface area contributed by atoms with Gasteiger partial charge in [0.1, 0.15) is 17.7 Å². The first-order valence-electron chi connectivity index (χ1n) is 10.1. The molecule has 1 heterocycles. The Morgan fingerprint density at radius 3 is 2.61 bits per heavy atom. The first-order chi connectivity index (χ1) is 15.0. The maximum Gasteiger partial charge on any atom is 0.251 e. The van der Waals surface area contributed by atoms with E-state index in [0.29, 0.717) is 23.0 Å². The fraction of sp³-hybridized carbons (Fsp3) is 0.208. The minimum Gasteiger partial charge on any atom is -0.349 e. The van der Waals surface area contributed by atoms with Crippen LogP contribution in [0.25, 0.3) is 6.08 Å². The van der Waals surface area contributed by atoms with E-state index < -0.39 is 6.04 Å². The molecule has 0 aliphatic heterocycles. The minimum absolute atomic E-state index is 0.0798. The van der Waals surface area contributed by atoms with E-state index in [0.717, 1.165) is 18.4 Å². The zero-order chi connectivity index (χ0) is 21.8. The van der Waals surface area contributed by atoms with E-state index in [1.165, 1.54) is 18.2 Å². The molecule has 7 heteroatoms. The Balaban J connectivity index is 1.45. The standard InChI is InChI=1S/C24H23FN4O2/c1-29-14-13-26-23(29)22(18-3-2-4-19(25)15-18)28-21(30)12-7-16-5-8-17(9-6-16)24(31)27-20-10-11-20/h2-9,12-15,20,22H,10-11H2,1H3,(H,27,31)(H,28,30)/b12-7+. The molecule has 0 bridgehead atoms. The number of hydrogen-bond acceptors (Lipinski definition) is 3. The summed E-state index contributed by atoms with van der Waals surface area (Å²) in [5.74, 6) is -0.206. The van der Waals surface area contributed by atoms with Crippen LogP contribution in [0, 0.1) is 5.82 Å². The van der Waals surface area contributed by atoms with Gasteiger partial charge in [-0.15, -0.1) is 0 Å². The molecule has 6 nitrogen and oxygen atoms in total. The van der Waals surface area contributed by atoms with Crippen molar-refractivity contribution < 1.29 is 14.0 Å². The summed E-state index contributed by atoms with van der Waals surface area (Å²) < 4.78 is 15.5. The first-order valence-corrected chi connectivity index (χ1v) is 10.1. The van der Waals surface area contributed by atoms with Gasteiger partial charge < -0.3 is 15.2 Å². The van der Waals surface area contributed by atoms with Gasteiger partial charge in [-0.1, -0.05) is 24.3 Å². The molecule has 2 aromatic carbocycles. The van der Waals surface area contributed by atoms with Crippen LogP contribution in [0.5, 0.6) is 0 Å². The summed E-state index contributed by atoms with van der Waals surface area (Å²) in [7, 11) is 1.82. The predicted octanol–water partition coefficient (Wildman–Crippen LogP) is 3.37. The zero-order valence-electron chi connectivity index (χ0n) is 17.1. The van der Waals surface area contributed by atoms with Crippen molar-refractivity contribution in [2.24, 2.45) is 7.05 Å². The summed E-state index contributed by atoms with van der Waals surface area (Å²) in [5.41, 5.74) is 1.98. The third kappa shape index (κ3) is 5.25. The van der Waals surface area contributed by atoms with Crippen molar-refractivity contribution in [3.63, 3.8) is 0 Å². The van der Waals surface area contributed by atoms with Crippen molar-refractivity contribution >= 4 is 17.9 Å². The third-order valence-corrected chi connectivity index (χ3v) is 5.10. The number of halogens is 1. The Morgan fingerprint density at radius 2 is 1.97 bits per heavy atom. The number of aryl methyl sites for hydroxylation is 1. The van der Waals surface area contributed by atoms with Crippen molar-refractivity contribution in [1.82, 2.24) is 20.2 Å². The minimum atomic E-state index is -0.596. The second-order valence-corrected chi connectivity index (χ2v) is 7.60. The zero-order valence-corrected chi connectivity index (χ0v) is 17.1. The number of amides is 2. The highest BCUT2D eigenvalue weighted by Crippen LogP contribution is 2.22. The molecule has 1 aromatic heterocycles. The molecule has 1 unspecified atom stereocenters. The highest BCUT2D eigenvalue weighted by Gasteiger charge is 2.23. The number of imidazole rings is 1. The number of carbonyl (C=O) groups is 2. The van der Waals surface area contributed by atoms with Gasteiger partial charge in [-0.25, -0.2) is 9.37 Å². The van der Waals surface area contributed by atoms with Crippen LogP contribution in [0.1, 0.15) is 46.2 Å². The van der Waals surface area contributed by atoms with Gasteiger partial charge in [-0.3, -0.25) is 9.59 Å². The van der Waals surface area contributed by atoms with Gasteiger partial charge in [0.05, 0.1) is 0 Å². The monoisotopic (exact) mass is 418 g/mol. The Morgan fingerprint density at radius 1 is 1.19 bits per heavy atom. The van der Waals surface area contributed by atoms with Gasteiger partial charge >= 0.3 is 0 Å². The van der Waals surface area contributed by atoms with E-state index in [2.05, 4.69) is 15.6 Å². The van der Waals surface area contributed by atoms with Crippen LogP contribution in [0.4, 0.5) is 4.39 Å². The Hall–Kier alpha value is -3.74. The van der Waals surface area contributed by atoms with Crippen LogP contribution in [-0.4, -0.2) is 27.4 Å². The molecule has 1 fully saturated rings. The molecule has 3 aromatic rings. The molecule has 158 valence electrons. The number of benzene rings is 2. The molecule has 0 radical (unpaired) electrons. The quantitative estimate of drug-likeness (QED) is 0.578. The van der Waals surface area contributed by atoms with Crippen LogP contribution in [-0.2, 0) is 11.8 Å². The molecule has 0 saturated heterocycles. The number of hydrogen-bond donors (Lipinski definition) is 2. The smallest absolute Gasteiger partial charge is 0.251 e. The van der Waals surface area contributed by atoms with Crippen molar-refractivity contribution in [3.05, 3.63) is 95.3 Å². The summed E-state index contributed by atoms with van der Waals surface area (Å²) in [6.07, 6.45) is 8.55. The van der Waals surface area contributed by atoms with E-state index in [4.69, 9.17) is 0 Å². The highest BCUT2D eigenvalue weighted by atomic mass is 19.1. The van der Waals surface area contributed by atoms with Crippen molar-refractivity contribution in [1.29, 1.82) is 0 Å². The van der Waals surface area contributed by atoms with Gasteiger partial charge in [0, 0.05) is 37.1 Å². The molecule has 1 saturated carbocycles. The Kier molecular flexibility index (Phi) is 5.93. The number of rotatable bonds is 7.